The van der Waals surface area contributed by atoms with Crippen LogP contribution in [0.4, 0.5) is 5.69 Å². The van der Waals surface area contributed by atoms with Gasteiger partial charge in [0.15, 0.2) is 5.12 Å². The highest BCUT2D eigenvalue weighted by atomic mass is 32.2. The lowest BCUT2D eigenvalue weighted by Gasteiger charge is -2.15. The number of rotatable bonds is 4. The molecule has 1 aromatic rings. The normalized spacial score (nSPS) is 10.0. The molecule has 0 aliphatic heterocycles. The molecule has 0 N–H and O–H groups in total. The van der Waals surface area contributed by atoms with Crippen molar-refractivity contribution in [2.75, 3.05) is 23.5 Å². The van der Waals surface area contributed by atoms with E-state index in [9.17, 15) is 14.4 Å². The summed E-state index contributed by atoms with van der Waals surface area (Å²) < 4.78 is 0. The first kappa shape index (κ1) is 15.8. The van der Waals surface area contributed by atoms with E-state index in [0.717, 1.165) is 23.5 Å². The van der Waals surface area contributed by atoms with Crippen LogP contribution in [0.2, 0.25) is 0 Å². The van der Waals surface area contributed by atoms with E-state index in [1.54, 1.807) is 31.3 Å². The number of anilines is 1. The molecule has 6 heteroatoms. The molecule has 0 atom stereocenters. The number of carbonyl (C=O) groups excluding carboxylic acids is 3. The second-order valence-corrected chi connectivity index (χ2v) is 6.02. The van der Waals surface area contributed by atoms with E-state index in [2.05, 4.69) is 0 Å². The van der Waals surface area contributed by atoms with Crippen LogP contribution in [-0.2, 0) is 14.4 Å². The Labute approximate surface area is 120 Å². The summed E-state index contributed by atoms with van der Waals surface area (Å²) in [7, 11) is 1.57. The molecular formula is C13H15NO3S2. The minimum Gasteiger partial charge on any atom is -0.308 e. The number of benzene rings is 1. The molecule has 0 aliphatic carbocycles. The van der Waals surface area contributed by atoms with Crippen LogP contribution in [0.25, 0.3) is 0 Å². The second-order valence-electron chi connectivity index (χ2n) is 3.68. The zero-order valence-electron chi connectivity index (χ0n) is 10.8. The highest BCUT2D eigenvalue weighted by Crippen LogP contribution is 2.15. The van der Waals surface area contributed by atoms with Gasteiger partial charge in [0, 0.05) is 31.2 Å². The zero-order valence-corrected chi connectivity index (χ0v) is 12.4. The van der Waals surface area contributed by atoms with Crippen LogP contribution in [-0.4, -0.2) is 34.7 Å². The lowest BCUT2D eigenvalue weighted by molar-refractivity contribution is -0.131. The average molecular weight is 297 g/mol. The Morgan fingerprint density at radius 2 is 1.63 bits per heavy atom. The van der Waals surface area contributed by atoms with Crippen molar-refractivity contribution in [2.24, 2.45) is 0 Å². The van der Waals surface area contributed by atoms with E-state index in [4.69, 9.17) is 0 Å². The molecular weight excluding hydrogens is 282 g/mol. The van der Waals surface area contributed by atoms with E-state index >= 15 is 0 Å². The first-order valence-electron chi connectivity index (χ1n) is 5.65. The molecule has 0 bridgehead atoms. The van der Waals surface area contributed by atoms with Crippen molar-refractivity contribution in [3.8, 4) is 0 Å². The Hall–Kier alpha value is -1.27. The van der Waals surface area contributed by atoms with Crippen molar-refractivity contribution >= 4 is 45.3 Å². The average Bonchev–Trinajstić information content (AvgIpc) is 2.42. The molecule has 102 valence electrons. The van der Waals surface area contributed by atoms with Crippen LogP contribution in [0.5, 0.6) is 0 Å². The Kier molecular flexibility index (Phi) is 6.66. The van der Waals surface area contributed by atoms with Crippen molar-refractivity contribution in [1.82, 2.24) is 0 Å². The van der Waals surface area contributed by atoms with Gasteiger partial charge in [0.05, 0.1) is 0 Å². The summed E-state index contributed by atoms with van der Waals surface area (Å²) in [5.74, 6) is 0.440. The van der Waals surface area contributed by atoms with E-state index in [-0.39, 0.29) is 5.12 Å². The lowest BCUT2D eigenvalue weighted by Crippen LogP contribution is -2.31. The van der Waals surface area contributed by atoms with Gasteiger partial charge in [0.2, 0.25) is 0 Å². The molecule has 0 unspecified atom stereocenters. The molecule has 0 fully saturated rings. The van der Waals surface area contributed by atoms with Crippen molar-refractivity contribution < 1.29 is 14.4 Å². The smallest absolute Gasteiger partial charge is 0.305 e. The fourth-order valence-electron chi connectivity index (χ4n) is 1.29. The third-order valence-corrected chi connectivity index (χ3v) is 4.16. The largest absolute Gasteiger partial charge is 0.308 e. The number of thioether (sulfide) groups is 2. The summed E-state index contributed by atoms with van der Waals surface area (Å²) >= 11 is 2.10. The van der Waals surface area contributed by atoms with Crippen LogP contribution < -0.4 is 4.90 Å². The van der Waals surface area contributed by atoms with Gasteiger partial charge in [-0.3, -0.25) is 14.4 Å². The molecule has 19 heavy (non-hydrogen) atoms. The minimum absolute atomic E-state index is 0.0146. The molecule has 0 radical (unpaired) electrons. The van der Waals surface area contributed by atoms with Crippen molar-refractivity contribution in [2.45, 2.75) is 6.92 Å². The van der Waals surface area contributed by atoms with Gasteiger partial charge in [-0.2, -0.15) is 0 Å². The molecule has 0 aliphatic rings. The monoisotopic (exact) mass is 297 g/mol. The van der Waals surface area contributed by atoms with Gasteiger partial charge in [-0.05, 0) is 12.1 Å². The first-order chi connectivity index (χ1) is 9.02. The van der Waals surface area contributed by atoms with Crippen LogP contribution in [0, 0.1) is 0 Å². The summed E-state index contributed by atoms with van der Waals surface area (Å²) in [5.41, 5.74) is 0.680. The minimum atomic E-state index is -0.552. The Morgan fingerprint density at radius 1 is 1.05 bits per heavy atom. The fraction of sp³-hybridized carbons (Fsp3) is 0.308. The van der Waals surface area contributed by atoms with Crippen LogP contribution >= 0.6 is 23.5 Å². The van der Waals surface area contributed by atoms with E-state index in [1.165, 1.54) is 11.8 Å². The number of hydrogen-bond acceptors (Lipinski definition) is 5. The van der Waals surface area contributed by atoms with E-state index < -0.39 is 11.0 Å². The number of carbonyl (C=O) groups is 3. The molecule has 0 saturated heterocycles. The second kappa shape index (κ2) is 8.01. The molecule has 1 rings (SSSR count). The highest BCUT2D eigenvalue weighted by Gasteiger charge is 2.19. The molecule has 0 saturated carbocycles. The van der Waals surface area contributed by atoms with Gasteiger partial charge in [0.1, 0.15) is 0 Å². The molecule has 0 spiro atoms. The lowest BCUT2D eigenvalue weighted by atomic mass is 10.3. The molecule has 1 aromatic carbocycles. The van der Waals surface area contributed by atoms with Crippen molar-refractivity contribution in [3.63, 3.8) is 0 Å². The Morgan fingerprint density at radius 3 is 2.21 bits per heavy atom. The van der Waals surface area contributed by atoms with Crippen LogP contribution in [0.15, 0.2) is 30.3 Å². The number of nitrogens with zero attached hydrogens (tertiary/aromatic N) is 1. The summed E-state index contributed by atoms with van der Waals surface area (Å²) in [6, 6.07) is 8.99. The van der Waals surface area contributed by atoms with Crippen LogP contribution in [0.1, 0.15) is 6.92 Å². The molecule has 1 amide bonds. The topological polar surface area (TPSA) is 54.5 Å². The predicted molar refractivity (Wildman–Crippen MR) is 80.5 cm³/mol. The maximum atomic E-state index is 11.9. The number of hydrogen-bond donors (Lipinski definition) is 0. The number of amides is 1. The summed E-state index contributed by atoms with van der Waals surface area (Å²) in [6.45, 7) is 1.48. The van der Waals surface area contributed by atoms with Gasteiger partial charge in [-0.1, -0.05) is 41.7 Å². The molecule has 0 aromatic heterocycles. The van der Waals surface area contributed by atoms with E-state index in [1.807, 2.05) is 6.07 Å². The standard InChI is InChI=1S/C13H15NO3S2/c1-10(15)18-8-9-19-13(17)12(16)14(2)11-6-4-3-5-7-11/h3-7H,8-9H2,1-2H3. The zero-order chi connectivity index (χ0) is 14.3. The van der Waals surface area contributed by atoms with Crippen molar-refractivity contribution in [1.29, 1.82) is 0 Å². The predicted octanol–water partition coefficient (Wildman–Crippen LogP) is 2.19. The summed E-state index contributed by atoms with van der Waals surface area (Å²) in [4.78, 5) is 35.6. The van der Waals surface area contributed by atoms with Gasteiger partial charge >= 0.3 is 5.91 Å². The number of likely N-dealkylation sites (N-methyl/N-ethyl adjacent to an activating group) is 1. The van der Waals surface area contributed by atoms with E-state index in [0.29, 0.717) is 17.2 Å². The summed E-state index contributed by atoms with van der Waals surface area (Å²) in [5, 5.41) is -0.490. The Balaban J connectivity index is 2.44. The first-order valence-corrected chi connectivity index (χ1v) is 7.62. The maximum Gasteiger partial charge on any atom is 0.305 e. The molecule has 4 nitrogen and oxygen atoms in total. The SMILES string of the molecule is CC(=O)SCCSC(=O)C(=O)N(C)c1ccccc1. The van der Waals surface area contributed by atoms with Gasteiger partial charge < -0.3 is 4.90 Å². The van der Waals surface area contributed by atoms with Crippen LogP contribution in [0.3, 0.4) is 0 Å². The maximum absolute atomic E-state index is 11.9. The third-order valence-electron chi connectivity index (χ3n) is 2.24. The molecule has 0 heterocycles. The summed E-state index contributed by atoms with van der Waals surface area (Å²) in [6.07, 6.45) is 0. The van der Waals surface area contributed by atoms with Crippen molar-refractivity contribution in [3.05, 3.63) is 30.3 Å². The fourth-order valence-corrected chi connectivity index (χ4v) is 2.69. The van der Waals surface area contributed by atoms with Gasteiger partial charge in [0.25, 0.3) is 5.12 Å². The quantitative estimate of drug-likeness (QED) is 0.630. The number of para-hydroxylation sites is 1. The highest BCUT2D eigenvalue weighted by molar-refractivity contribution is 8.17. The van der Waals surface area contributed by atoms with Gasteiger partial charge in [-0.25, -0.2) is 0 Å². The Bertz CT molecular complexity index is 462. The third kappa shape index (κ3) is 5.48. The van der Waals surface area contributed by atoms with Gasteiger partial charge in [-0.15, -0.1) is 0 Å².